The average molecular weight is 401 g/mol. The Balaban J connectivity index is 1.78. The van der Waals surface area contributed by atoms with Gasteiger partial charge in [-0.25, -0.2) is 9.07 Å². The number of rotatable bonds is 5. The van der Waals surface area contributed by atoms with Crippen LogP contribution in [0.15, 0.2) is 79.0 Å². The Hall–Kier alpha value is -3.93. The molecule has 0 radical (unpaired) electrons. The summed E-state index contributed by atoms with van der Waals surface area (Å²) in [6, 6.07) is 21.5. The first-order valence-electron chi connectivity index (χ1n) is 9.42. The summed E-state index contributed by atoms with van der Waals surface area (Å²) >= 11 is 0. The molecule has 1 heterocycles. The summed E-state index contributed by atoms with van der Waals surface area (Å²) in [5.41, 5.74) is 3.23. The Kier molecular flexibility index (Phi) is 5.30. The van der Waals surface area contributed by atoms with E-state index in [2.05, 4.69) is 10.4 Å². The number of anilines is 1. The fourth-order valence-electron chi connectivity index (χ4n) is 3.15. The van der Waals surface area contributed by atoms with Crippen molar-refractivity contribution in [2.24, 2.45) is 0 Å². The molecule has 0 fully saturated rings. The highest BCUT2D eigenvalue weighted by molar-refractivity contribution is 6.08. The van der Waals surface area contributed by atoms with Gasteiger partial charge in [0.2, 0.25) is 0 Å². The van der Waals surface area contributed by atoms with Crippen LogP contribution in [0.1, 0.15) is 15.9 Å². The van der Waals surface area contributed by atoms with Gasteiger partial charge in [-0.05, 0) is 48.9 Å². The SMILES string of the molecule is COc1cccc(-c2nn(-c3ccccc3)cc2C(=O)Nc2ccc(C)cc2F)c1. The number of aromatic nitrogens is 2. The number of carbonyl (C=O) groups is 1. The molecule has 0 saturated carbocycles. The molecule has 3 aromatic carbocycles. The van der Waals surface area contributed by atoms with Crippen molar-refractivity contribution < 1.29 is 13.9 Å². The van der Waals surface area contributed by atoms with Crippen molar-refractivity contribution in [3.8, 4) is 22.7 Å². The molecule has 30 heavy (non-hydrogen) atoms. The normalized spacial score (nSPS) is 10.6. The monoisotopic (exact) mass is 401 g/mol. The van der Waals surface area contributed by atoms with E-state index < -0.39 is 11.7 Å². The molecule has 150 valence electrons. The second-order valence-electron chi connectivity index (χ2n) is 6.84. The van der Waals surface area contributed by atoms with Crippen LogP contribution in [0.3, 0.4) is 0 Å². The van der Waals surface area contributed by atoms with Crippen molar-refractivity contribution in [2.75, 3.05) is 12.4 Å². The molecular weight excluding hydrogens is 381 g/mol. The molecule has 0 unspecified atom stereocenters. The van der Waals surface area contributed by atoms with E-state index in [9.17, 15) is 9.18 Å². The molecule has 0 saturated heterocycles. The van der Waals surface area contributed by atoms with E-state index in [1.54, 1.807) is 43.1 Å². The zero-order valence-corrected chi connectivity index (χ0v) is 16.6. The first-order chi connectivity index (χ1) is 14.5. The van der Waals surface area contributed by atoms with Crippen LogP contribution in [0.2, 0.25) is 0 Å². The summed E-state index contributed by atoms with van der Waals surface area (Å²) in [4.78, 5) is 13.1. The Morgan fingerprint density at radius 3 is 2.57 bits per heavy atom. The number of aryl methyl sites for hydroxylation is 1. The van der Waals surface area contributed by atoms with Gasteiger partial charge < -0.3 is 10.1 Å². The smallest absolute Gasteiger partial charge is 0.259 e. The van der Waals surface area contributed by atoms with Crippen LogP contribution >= 0.6 is 0 Å². The number of ether oxygens (including phenoxy) is 1. The van der Waals surface area contributed by atoms with Crippen LogP contribution in [-0.2, 0) is 0 Å². The fourth-order valence-corrected chi connectivity index (χ4v) is 3.15. The van der Waals surface area contributed by atoms with Crippen LogP contribution in [0, 0.1) is 12.7 Å². The molecule has 0 aliphatic carbocycles. The van der Waals surface area contributed by atoms with Crippen LogP contribution in [0.4, 0.5) is 10.1 Å². The van der Waals surface area contributed by atoms with E-state index in [1.807, 2.05) is 48.5 Å². The van der Waals surface area contributed by atoms with Gasteiger partial charge in [0.05, 0.1) is 24.0 Å². The van der Waals surface area contributed by atoms with E-state index in [4.69, 9.17) is 4.74 Å². The highest BCUT2D eigenvalue weighted by Crippen LogP contribution is 2.28. The summed E-state index contributed by atoms with van der Waals surface area (Å²) in [6.07, 6.45) is 1.64. The van der Waals surface area contributed by atoms with Crippen molar-refractivity contribution >= 4 is 11.6 Å². The number of benzene rings is 3. The van der Waals surface area contributed by atoms with Gasteiger partial charge in [-0.15, -0.1) is 0 Å². The van der Waals surface area contributed by atoms with E-state index >= 15 is 0 Å². The Morgan fingerprint density at radius 1 is 1.03 bits per heavy atom. The lowest BCUT2D eigenvalue weighted by atomic mass is 10.1. The number of methoxy groups -OCH3 is 1. The molecule has 0 aliphatic heterocycles. The van der Waals surface area contributed by atoms with Crippen molar-refractivity contribution in [1.29, 1.82) is 0 Å². The van der Waals surface area contributed by atoms with Gasteiger partial charge in [0.15, 0.2) is 0 Å². The molecule has 0 bridgehead atoms. The largest absolute Gasteiger partial charge is 0.497 e. The summed E-state index contributed by atoms with van der Waals surface area (Å²) < 4.78 is 21.2. The van der Waals surface area contributed by atoms with Gasteiger partial charge in [0.25, 0.3) is 5.91 Å². The summed E-state index contributed by atoms with van der Waals surface area (Å²) in [6.45, 7) is 1.79. The highest BCUT2D eigenvalue weighted by Gasteiger charge is 2.20. The van der Waals surface area contributed by atoms with E-state index in [0.717, 1.165) is 16.8 Å². The molecule has 0 aliphatic rings. The van der Waals surface area contributed by atoms with Gasteiger partial charge in [-0.3, -0.25) is 4.79 Å². The number of amides is 1. The van der Waals surface area contributed by atoms with E-state index in [-0.39, 0.29) is 5.69 Å². The van der Waals surface area contributed by atoms with Gasteiger partial charge in [-0.1, -0.05) is 36.4 Å². The number of carbonyl (C=O) groups excluding carboxylic acids is 1. The van der Waals surface area contributed by atoms with Gasteiger partial charge in [0, 0.05) is 11.8 Å². The van der Waals surface area contributed by atoms with Crippen molar-refractivity contribution in [3.63, 3.8) is 0 Å². The molecule has 5 nitrogen and oxygen atoms in total. The Morgan fingerprint density at radius 2 is 1.83 bits per heavy atom. The summed E-state index contributed by atoms with van der Waals surface area (Å²) in [5, 5.41) is 7.29. The molecule has 1 aromatic heterocycles. The number of halogens is 1. The van der Waals surface area contributed by atoms with E-state index in [1.165, 1.54) is 6.07 Å². The van der Waals surface area contributed by atoms with Crippen molar-refractivity contribution in [2.45, 2.75) is 6.92 Å². The fraction of sp³-hybridized carbons (Fsp3) is 0.0833. The van der Waals surface area contributed by atoms with Gasteiger partial charge in [-0.2, -0.15) is 5.10 Å². The van der Waals surface area contributed by atoms with E-state index in [0.29, 0.717) is 17.0 Å². The average Bonchev–Trinajstić information content (AvgIpc) is 3.22. The maximum absolute atomic E-state index is 14.3. The molecule has 0 spiro atoms. The van der Waals surface area contributed by atoms with Gasteiger partial charge in [0.1, 0.15) is 17.3 Å². The second kappa shape index (κ2) is 8.21. The zero-order chi connectivity index (χ0) is 21.1. The topological polar surface area (TPSA) is 56.2 Å². The Bertz CT molecular complexity index is 1200. The number of nitrogens with zero attached hydrogens (tertiary/aromatic N) is 2. The second-order valence-corrected chi connectivity index (χ2v) is 6.84. The molecule has 1 amide bonds. The van der Waals surface area contributed by atoms with Crippen molar-refractivity contribution in [1.82, 2.24) is 9.78 Å². The maximum Gasteiger partial charge on any atom is 0.259 e. The van der Waals surface area contributed by atoms with Crippen molar-refractivity contribution in [3.05, 3.63) is 95.9 Å². The summed E-state index contributed by atoms with van der Waals surface area (Å²) in [5.74, 6) is -0.280. The highest BCUT2D eigenvalue weighted by atomic mass is 19.1. The first-order valence-corrected chi connectivity index (χ1v) is 9.42. The molecule has 4 rings (SSSR count). The van der Waals surface area contributed by atoms with Gasteiger partial charge >= 0.3 is 0 Å². The van der Waals surface area contributed by atoms with Crippen LogP contribution in [-0.4, -0.2) is 22.8 Å². The molecule has 4 aromatic rings. The van der Waals surface area contributed by atoms with Crippen LogP contribution in [0.5, 0.6) is 5.75 Å². The quantitative estimate of drug-likeness (QED) is 0.497. The lowest BCUT2D eigenvalue weighted by Crippen LogP contribution is -2.13. The predicted octanol–water partition coefficient (Wildman–Crippen LogP) is 5.25. The number of para-hydroxylation sites is 1. The first kappa shape index (κ1) is 19.4. The Labute approximate surface area is 173 Å². The molecule has 6 heteroatoms. The zero-order valence-electron chi connectivity index (χ0n) is 16.6. The minimum atomic E-state index is -0.485. The minimum absolute atomic E-state index is 0.120. The number of nitrogens with one attached hydrogen (secondary N) is 1. The number of hydrogen-bond donors (Lipinski definition) is 1. The lowest BCUT2D eigenvalue weighted by Gasteiger charge is -2.08. The molecule has 0 atom stereocenters. The maximum atomic E-state index is 14.3. The minimum Gasteiger partial charge on any atom is -0.497 e. The summed E-state index contributed by atoms with van der Waals surface area (Å²) in [7, 11) is 1.58. The third kappa shape index (κ3) is 3.93. The lowest BCUT2D eigenvalue weighted by molar-refractivity contribution is 0.102. The third-order valence-electron chi connectivity index (χ3n) is 4.70. The molecular formula is C24H20FN3O2. The van der Waals surface area contributed by atoms with Crippen LogP contribution in [0.25, 0.3) is 16.9 Å². The number of hydrogen-bond acceptors (Lipinski definition) is 3. The molecule has 1 N–H and O–H groups in total. The third-order valence-corrected chi connectivity index (χ3v) is 4.70. The standard InChI is InChI=1S/C24H20FN3O2/c1-16-11-12-22(21(25)13-16)26-24(29)20-15-28(18-8-4-3-5-9-18)27-23(20)17-7-6-10-19(14-17)30-2/h3-15H,1-2H3,(H,26,29). The van der Waals surface area contributed by atoms with Crippen LogP contribution < -0.4 is 10.1 Å². The predicted molar refractivity (Wildman–Crippen MR) is 115 cm³/mol.